The van der Waals surface area contributed by atoms with E-state index < -0.39 is 126 Å². The number of nitrogens with zero attached hydrogens (tertiary/aromatic N) is 6. The molecule has 0 rings (SSSR count). The molecule has 40 heteroatoms. The highest BCUT2D eigenvalue weighted by Crippen LogP contribution is 2.13. The van der Waals surface area contributed by atoms with Gasteiger partial charge in [-0.1, -0.05) is 13.8 Å². The molecule has 0 bridgehead atoms. The van der Waals surface area contributed by atoms with Crippen molar-refractivity contribution in [2.75, 3.05) is 45.8 Å². The number of guanidine groups is 6. The SMILES string of the molecule is CC(C)C[C@@H](NC(=O)[C@H](N)CCCN=C(N)N)C(=O)N[C@@H](CCCCN)C(=O)N[C@@H](CCCN=C(N)N)C(=O)N[C@H](CCCN=C(N)N)C(=O)N[C@@H](CCC(N)=O)C(=O)N[C@@H](CCCN=C(N)N)C(=O)N[C@@H](CCCN=C(N)N)C(=O)N[C@H](CCCN=C(N)N)C(=O)O. The molecular formula is C53H105N29O11. The highest BCUT2D eigenvalue weighted by Gasteiger charge is 2.35. The Morgan fingerprint density at radius 2 is 0.559 bits per heavy atom. The van der Waals surface area contributed by atoms with Crippen molar-refractivity contribution < 1.29 is 53.1 Å². The summed E-state index contributed by atoms with van der Waals surface area (Å²) in [5.41, 5.74) is 83.3. The second-order valence-corrected chi connectivity index (χ2v) is 22.0. The van der Waals surface area contributed by atoms with Crippen molar-refractivity contribution in [1.82, 2.24) is 42.5 Å². The van der Waals surface area contributed by atoms with Gasteiger partial charge in [-0.2, -0.15) is 0 Å². The number of hydrogen-bond acceptors (Lipinski definition) is 18. The number of aliphatic imine (C=N–C) groups is 6. The quantitative estimate of drug-likeness (QED) is 0.0153. The maximum atomic E-state index is 14.6. The molecule has 9 amide bonds. The average molecular weight is 1320 g/mol. The molecule has 0 saturated heterocycles. The molecule has 93 heavy (non-hydrogen) atoms. The normalized spacial score (nSPS) is 13.7. The number of unbranched alkanes of at least 4 members (excludes halogenated alkanes) is 1. The second-order valence-electron chi connectivity index (χ2n) is 22.0. The minimum absolute atomic E-state index is 0.0145. The van der Waals surface area contributed by atoms with Crippen LogP contribution in [0.4, 0.5) is 0 Å². The number of amides is 9. The number of primary amides is 1. The Kier molecular flexibility index (Phi) is 42.2. The molecule has 9 atom stereocenters. The molecule has 0 radical (unpaired) electrons. The molecule has 0 aromatic rings. The average Bonchev–Trinajstić information content (AvgIpc) is 1.12. The van der Waals surface area contributed by atoms with E-state index in [1.807, 2.05) is 13.8 Å². The Morgan fingerprint density at radius 1 is 0.323 bits per heavy atom. The van der Waals surface area contributed by atoms with E-state index in [0.717, 1.165) is 0 Å². The number of carbonyl (C=O) groups is 10. The van der Waals surface area contributed by atoms with Gasteiger partial charge in [0.2, 0.25) is 53.2 Å². The standard InChI is InChI=1S/C53H105N29O11/c1-28(2)27-37(82-39(84)29(55)11-5-21-69-48(57)58)46(91)79-30(12-3-4-20-54)40(85)75-31(13-6-22-70-49(59)60)41(86)76-33(15-8-24-72-51(63)64)43(88)80-35(18-19-38(56)83)45(90)78-32(14-7-23-71-50(61)62)42(87)77-34(16-9-25-73-52(65)66)44(89)81-36(47(92)93)17-10-26-74-53(67)68/h28-37H,3-27,54-55H2,1-2H3,(H2,56,83)(H,75,85)(H,76,86)(H,77,87)(H,78,90)(H,79,91)(H,80,88)(H,81,89)(H,82,84)(H,92,93)(H4,57,58,69)(H4,59,60,70)(H4,61,62,71)(H4,63,64,72)(H4,65,66,73)(H4,67,68,74)/t29-,30+,31+,32+,33-,34+,35+,36-,37-/m1/s1. The number of carboxylic acid groups (broad SMARTS) is 1. The molecule has 0 unspecified atom stereocenters. The summed E-state index contributed by atoms with van der Waals surface area (Å²) in [6.45, 7) is 3.92. The molecule has 0 aliphatic heterocycles. The van der Waals surface area contributed by atoms with Crippen LogP contribution in [0.5, 0.6) is 0 Å². The molecule has 0 aliphatic carbocycles. The smallest absolute Gasteiger partial charge is 0.326 e. The third-order valence-electron chi connectivity index (χ3n) is 13.4. The fraction of sp³-hybridized carbons (Fsp3) is 0.698. The van der Waals surface area contributed by atoms with Crippen LogP contribution in [0.25, 0.3) is 0 Å². The van der Waals surface area contributed by atoms with Crippen molar-refractivity contribution in [3.05, 3.63) is 0 Å². The van der Waals surface area contributed by atoms with Crippen molar-refractivity contribution in [3.8, 4) is 0 Å². The van der Waals surface area contributed by atoms with E-state index in [4.69, 9.17) is 86.0 Å². The van der Waals surface area contributed by atoms with E-state index in [1.165, 1.54) is 0 Å². The van der Waals surface area contributed by atoms with E-state index in [9.17, 15) is 53.1 Å². The molecule has 0 spiro atoms. The monoisotopic (exact) mass is 1320 g/mol. The van der Waals surface area contributed by atoms with Gasteiger partial charge in [0.05, 0.1) is 6.04 Å². The fourth-order valence-electron chi connectivity index (χ4n) is 8.71. The second kappa shape index (κ2) is 47.2. The van der Waals surface area contributed by atoms with Gasteiger partial charge in [-0.3, -0.25) is 73.1 Å². The van der Waals surface area contributed by atoms with Gasteiger partial charge in [0.15, 0.2) is 35.8 Å². The van der Waals surface area contributed by atoms with Gasteiger partial charge in [0.1, 0.15) is 48.3 Å². The Balaban J connectivity index is 7.44. The van der Waals surface area contributed by atoms with Crippen molar-refractivity contribution in [3.63, 3.8) is 0 Å². The zero-order valence-corrected chi connectivity index (χ0v) is 53.3. The van der Waals surface area contributed by atoms with E-state index in [2.05, 4.69) is 72.5 Å². The van der Waals surface area contributed by atoms with Crippen LogP contribution < -0.4 is 129 Å². The summed E-state index contributed by atoms with van der Waals surface area (Å²) in [4.78, 5) is 162. The van der Waals surface area contributed by atoms with Crippen molar-refractivity contribution in [2.45, 2.75) is 184 Å². The van der Waals surface area contributed by atoms with Crippen molar-refractivity contribution in [2.24, 2.45) is 122 Å². The predicted molar refractivity (Wildman–Crippen MR) is 351 cm³/mol. The zero-order valence-electron chi connectivity index (χ0n) is 53.3. The van der Waals surface area contributed by atoms with Crippen LogP contribution in [0.15, 0.2) is 30.0 Å². The third kappa shape index (κ3) is 40.6. The van der Waals surface area contributed by atoms with E-state index in [0.29, 0.717) is 19.3 Å². The number of aliphatic carboxylic acids is 1. The van der Waals surface area contributed by atoms with Gasteiger partial charge < -0.3 is 134 Å². The number of nitrogens with one attached hydrogen (secondary N) is 8. The van der Waals surface area contributed by atoms with E-state index in [1.54, 1.807) is 0 Å². The van der Waals surface area contributed by atoms with Crippen LogP contribution in [0.3, 0.4) is 0 Å². The Morgan fingerprint density at radius 3 is 0.817 bits per heavy atom. The third-order valence-corrected chi connectivity index (χ3v) is 13.4. The van der Waals surface area contributed by atoms with Gasteiger partial charge in [-0.25, -0.2) is 4.79 Å². The summed E-state index contributed by atoms with van der Waals surface area (Å²) in [6, 6.07) is -12.8. The molecular weight excluding hydrogens is 1220 g/mol. The minimum atomic E-state index is -1.69. The summed E-state index contributed by atoms with van der Waals surface area (Å²) in [6.07, 6.45) is -0.142. The highest BCUT2D eigenvalue weighted by atomic mass is 16.4. The predicted octanol–water partition coefficient (Wildman–Crippen LogP) is -9.96. The van der Waals surface area contributed by atoms with Gasteiger partial charge >= 0.3 is 5.97 Å². The lowest BCUT2D eigenvalue weighted by atomic mass is 10.0. The summed E-state index contributed by atoms with van der Waals surface area (Å²) < 4.78 is 0. The maximum absolute atomic E-state index is 14.6. The molecule has 0 heterocycles. The molecule has 528 valence electrons. The van der Waals surface area contributed by atoms with Crippen LogP contribution in [-0.2, 0) is 47.9 Å². The first-order valence-corrected chi connectivity index (χ1v) is 30.5. The number of carboxylic acids is 1. The highest BCUT2D eigenvalue weighted by molar-refractivity contribution is 5.98. The number of hydrogen-bond donors (Lipinski definition) is 24. The maximum Gasteiger partial charge on any atom is 0.326 e. The molecule has 0 saturated carbocycles. The lowest BCUT2D eigenvalue weighted by Crippen LogP contribution is -2.60. The lowest BCUT2D eigenvalue weighted by Gasteiger charge is -2.28. The minimum Gasteiger partial charge on any atom is -0.480 e. The summed E-state index contributed by atoms with van der Waals surface area (Å²) in [7, 11) is 0. The van der Waals surface area contributed by atoms with Crippen LogP contribution >= 0.6 is 0 Å². The molecule has 0 aliphatic rings. The number of carbonyl (C=O) groups excluding carboxylic acids is 9. The largest absolute Gasteiger partial charge is 0.480 e. The molecule has 39 N–H and O–H groups in total. The lowest BCUT2D eigenvalue weighted by molar-refractivity contribution is -0.142. The Bertz CT molecular complexity index is 2560. The van der Waals surface area contributed by atoms with Crippen LogP contribution in [-0.4, -0.2) is 200 Å². The Hall–Kier alpha value is -9.76. The van der Waals surface area contributed by atoms with Gasteiger partial charge in [-0.05, 0) is 122 Å². The van der Waals surface area contributed by atoms with E-state index in [-0.39, 0.29) is 171 Å². The summed E-state index contributed by atoms with van der Waals surface area (Å²) >= 11 is 0. The van der Waals surface area contributed by atoms with E-state index >= 15 is 0 Å². The van der Waals surface area contributed by atoms with Gasteiger partial charge in [0, 0.05) is 45.7 Å². The first-order valence-electron chi connectivity index (χ1n) is 30.5. The Labute approximate surface area is 540 Å². The van der Waals surface area contributed by atoms with Gasteiger partial charge in [0.25, 0.3) is 0 Å². The first-order chi connectivity index (χ1) is 43.8. The van der Waals surface area contributed by atoms with Crippen LogP contribution in [0.1, 0.15) is 129 Å². The molecule has 0 aromatic heterocycles. The topological polar surface area (TPSA) is 752 Å². The van der Waals surface area contributed by atoms with Crippen LogP contribution in [0, 0.1) is 5.92 Å². The number of nitrogens with two attached hydrogens (primary N) is 15. The number of rotatable bonds is 50. The first kappa shape index (κ1) is 83.2. The van der Waals surface area contributed by atoms with Crippen molar-refractivity contribution >= 4 is 94.9 Å². The summed E-state index contributed by atoms with van der Waals surface area (Å²) in [5, 5.41) is 30.7. The molecule has 40 nitrogen and oxygen atoms in total. The zero-order chi connectivity index (χ0) is 70.6. The molecule has 0 fully saturated rings. The molecule has 0 aromatic carbocycles. The fourth-order valence-corrected chi connectivity index (χ4v) is 8.71. The van der Waals surface area contributed by atoms with Gasteiger partial charge in [-0.15, -0.1) is 0 Å². The summed E-state index contributed by atoms with van der Waals surface area (Å²) in [5.74, 6) is -11.2. The van der Waals surface area contributed by atoms with Crippen LogP contribution in [0.2, 0.25) is 0 Å². The van der Waals surface area contributed by atoms with Crippen molar-refractivity contribution in [1.29, 1.82) is 0 Å².